The summed E-state index contributed by atoms with van der Waals surface area (Å²) in [5.41, 5.74) is 2.04. The zero-order chi connectivity index (χ0) is 13.0. The van der Waals surface area contributed by atoms with E-state index in [1.165, 1.54) is 0 Å². The molecule has 2 rings (SSSR count). The van der Waals surface area contributed by atoms with Crippen LogP contribution in [0.4, 0.5) is 13.2 Å². The Bertz CT molecular complexity index is 409. The maximum atomic E-state index is 11.8. The lowest BCUT2D eigenvalue weighted by molar-refractivity contribution is -0.173. The number of nitrogens with one attached hydrogen (secondary N) is 1. The van der Waals surface area contributed by atoms with E-state index in [1.807, 2.05) is 0 Å². The van der Waals surface area contributed by atoms with E-state index < -0.39 is 12.8 Å². The van der Waals surface area contributed by atoms with Crippen molar-refractivity contribution < 1.29 is 17.9 Å². The van der Waals surface area contributed by atoms with E-state index in [4.69, 9.17) is 0 Å². The van der Waals surface area contributed by atoms with Gasteiger partial charge in [0.1, 0.15) is 12.4 Å². The molecule has 0 saturated carbocycles. The minimum atomic E-state index is -4.28. The second-order valence-electron chi connectivity index (χ2n) is 4.10. The van der Waals surface area contributed by atoms with Crippen LogP contribution in [0.5, 0.6) is 0 Å². The standard InChI is InChI=1S/C11H14F3N3O/c12-11(13,14)7-18-4-2-10-16-6-8-5-15-3-1-9(8)17-10/h6,15H,1-5,7H2. The number of fused-ring (bicyclic) bond motifs is 1. The van der Waals surface area contributed by atoms with Crippen molar-refractivity contribution in [3.63, 3.8) is 0 Å². The fourth-order valence-electron chi connectivity index (χ4n) is 1.75. The molecule has 0 unspecified atom stereocenters. The number of hydrogen-bond acceptors (Lipinski definition) is 4. The molecular formula is C11H14F3N3O. The van der Waals surface area contributed by atoms with Gasteiger partial charge in [-0.05, 0) is 0 Å². The highest BCUT2D eigenvalue weighted by Gasteiger charge is 2.27. The average molecular weight is 261 g/mol. The van der Waals surface area contributed by atoms with Gasteiger partial charge in [-0.3, -0.25) is 0 Å². The molecule has 0 radical (unpaired) electrons. The number of halogens is 3. The van der Waals surface area contributed by atoms with Crippen LogP contribution in [0.25, 0.3) is 0 Å². The maximum Gasteiger partial charge on any atom is 0.411 e. The molecule has 1 aliphatic rings. The van der Waals surface area contributed by atoms with Gasteiger partial charge in [0.05, 0.1) is 6.61 Å². The van der Waals surface area contributed by atoms with Gasteiger partial charge in [0.15, 0.2) is 0 Å². The Morgan fingerprint density at radius 2 is 2.22 bits per heavy atom. The zero-order valence-corrected chi connectivity index (χ0v) is 9.76. The Balaban J connectivity index is 1.83. The van der Waals surface area contributed by atoms with Crippen molar-refractivity contribution in [3.8, 4) is 0 Å². The molecule has 4 nitrogen and oxygen atoms in total. The largest absolute Gasteiger partial charge is 0.411 e. The van der Waals surface area contributed by atoms with Gasteiger partial charge in [-0.15, -0.1) is 0 Å². The van der Waals surface area contributed by atoms with E-state index in [0.29, 0.717) is 12.2 Å². The Kier molecular flexibility index (Phi) is 4.13. The number of aromatic nitrogens is 2. The predicted molar refractivity (Wildman–Crippen MR) is 58.0 cm³/mol. The molecule has 1 aromatic heterocycles. The van der Waals surface area contributed by atoms with E-state index in [9.17, 15) is 13.2 Å². The molecule has 100 valence electrons. The first-order chi connectivity index (χ1) is 8.54. The van der Waals surface area contributed by atoms with Crippen LogP contribution in [0, 0.1) is 0 Å². The van der Waals surface area contributed by atoms with Crippen LogP contribution in [0.15, 0.2) is 6.20 Å². The summed E-state index contributed by atoms with van der Waals surface area (Å²) >= 11 is 0. The Hall–Kier alpha value is -1.21. The molecule has 0 fully saturated rings. The van der Waals surface area contributed by atoms with Crippen LogP contribution >= 0.6 is 0 Å². The SMILES string of the molecule is FC(F)(F)COCCc1ncc2c(n1)CCNC2. The van der Waals surface area contributed by atoms with Gasteiger partial charge in [-0.2, -0.15) is 13.2 Å². The molecule has 0 bridgehead atoms. The summed E-state index contributed by atoms with van der Waals surface area (Å²) in [6.45, 7) is 0.382. The summed E-state index contributed by atoms with van der Waals surface area (Å²) < 4.78 is 40.1. The molecular weight excluding hydrogens is 247 g/mol. The van der Waals surface area contributed by atoms with E-state index in [-0.39, 0.29) is 6.61 Å². The molecule has 0 aromatic carbocycles. The Morgan fingerprint density at radius 3 is 3.00 bits per heavy atom. The van der Waals surface area contributed by atoms with Crippen LogP contribution in [-0.2, 0) is 24.1 Å². The van der Waals surface area contributed by atoms with Crippen LogP contribution in [0.3, 0.4) is 0 Å². The second-order valence-corrected chi connectivity index (χ2v) is 4.10. The van der Waals surface area contributed by atoms with Crippen molar-refractivity contribution in [1.29, 1.82) is 0 Å². The maximum absolute atomic E-state index is 11.8. The fourth-order valence-corrected chi connectivity index (χ4v) is 1.75. The van der Waals surface area contributed by atoms with Gasteiger partial charge < -0.3 is 10.1 Å². The molecule has 0 spiro atoms. The second kappa shape index (κ2) is 5.62. The summed E-state index contributed by atoms with van der Waals surface area (Å²) in [4.78, 5) is 8.45. The lowest BCUT2D eigenvalue weighted by atomic mass is 10.1. The van der Waals surface area contributed by atoms with Gasteiger partial charge in [0.25, 0.3) is 0 Å². The highest BCUT2D eigenvalue weighted by molar-refractivity contribution is 5.20. The Labute approximate surface area is 103 Å². The fraction of sp³-hybridized carbons (Fsp3) is 0.636. The van der Waals surface area contributed by atoms with E-state index in [1.54, 1.807) is 6.20 Å². The van der Waals surface area contributed by atoms with Crippen LogP contribution in [0.1, 0.15) is 17.1 Å². The van der Waals surface area contributed by atoms with Crippen molar-refractivity contribution in [1.82, 2.24) is 15.3 Å². The molecule has 0 amide bonds. The average Bonchev–Trinajstić information content (AvgIpc) is 2.33. The molecule has 7 heteroatoms. The van der Waals surface area contributed by atoms with Crippen molar-refractivity contribution in [2.45, 2.75) is 25.6 Å². The van der Waals surface area contributed by atoms with Gasteiger partial charge in [-0.1, -0.05) is 0 Å². The van der Waals surface area contributed by atoms with Crippen molar-refractivity contribution in [2.75, 3.05) is 19.8 Å². The molecule has 0 saturated heterocycles. The van der Waals surface area contributed by atoms with Crippen LogP contribution < -0.4 is 5.32 Å². The van der Waals surface area contributed by atoms with Gasteiger partial charge in [0, 0.05) is 43.4 Å². The van der Waals surface area contributed by atoms with Gasteiger partial charge in [0.2, 0.25) is 0 Å². The minimum Gasteiger partial charge on any atom is -0.372 e. The van der Waals surface area contributed by atoms with E-state index in [0.717, 1.165) is 30.8 Å². The Morgan fingerprint density at radius 1 is 1.39 bits per heavy atom. The first kappa shape index (κ1) is 13.2. The molecule has 1 N–H and O–H groups in total. The van der Waals surface area contributed by atoms with Crippen molar-refractivity contribution in [2.24, 2.45) is 0 Å². The molecule has 0 atom stereocenters. The van der Waals surface area contributed by atoms with Crippen molar-refractivity contribution in [3.05, 3.63) is 23.3 Å². The molecule has 1 aliphatic heterocycles. The van der Waals surface area contributed by atoms with E-state index in [2.05, 4.69) is 20.0 Å². The summed E-state index contributed by atoms with van der Waals surface area (Å²) in [6.07, 6.45) is -1.42. The molecule has 2 heterocycles. The summed E-state index contributed by atoms with van der Waals surface area (Å²) in [5, 5.41) is 3.20. The van der Waals surface area contributed by atoms with Crippen molar-refractivity contribution >= 4 is 0 Å². The predicted octanol–water partition coefficient (Wildman–Crippen LogP) is 1.24. The smallest absolute Gasteiger partial charge is 0.372 e. The van der Waals surface area contributed by atoms with E-state index >= 15 is 0 Å². The third kappa shape index (κ3) is 3.92. The number of ether oxygens (including phenoxy) is 1. The van der Waals surface area contributed by atoms with Gasteiger partial charge >= 0.3 is 6.18 Å². The quantitative estimate of drug-likeness (QED) is 0.828. The highest BCUT2D eigenvalue weighted by atomic mass is 19.4. The normalized spacial score (nSPS) is 15.5. The lowest BCUT2D eigenvalue weighted by Crippen LogP contribution is -2.25. The monoisotopic (exact) mass is 261 g/mol. The van der Waals surface area contributed by atoms with Crippen LogP contribution in [-0.4, -0.2) is 35.9 Å². The number of rotatable bonds is 4. The minimum absolute atomic E-state index is 0.0173. The first-order valence-corrected chi connectivity index (χ1v) is 5.73. The third-order valence-corrected chi connectivity index (χ3v) is 2.59. The first-order valence-electron chi connectivity index (χ1n) is 5.73. The molecule has 18 heavy (non-hydrogen) atoms. The van der Waals surface area contributed by atoms with Gasteiger partial charge in [-0.25, -0.2) is 9.97 Å². The highest BCUT2D eigenvalue weighted by Crippen LogP contribution is 2.14. The summed E-state index contributed by atoms with van der Waals surface area (Å²) in [7, 11) is 0. The third-order valence-electron chi connectivity index (χ3n) is 2.59. The number of hydrogen-bond donors (Lipinski definition) is 1. The zero-order valence-electron chi connectivity index (χ0n) is 9.76. The molecule has 0 aliphatic carbocycles. The number of alkyl halides is 3. The topological polar surface area (TPSA) is 47.0 Å². The summed E-state index contributed by atoms with van der Waals surface area (Å²) in [5.74, 6) is 0.540. The molecule has 1 aromatic rings. The number of nitrogens with zero attached hydrogens (tertiary/aromatic N) is 2. The summed E-state index contributed by atoms with van der Waals surface area (Å²) in [6, 6.07) is 0. The van der Waals surface area contributed by atoms with Crippen LogP contribution in [0.2, 0.25) is 0 Å². The lowest BCUT2D eigenvalue weighted by Gasteiger charge is -2.16.